The Morgan fingerprint density at radius 2 is 2.00 bits per heavy atom. The van der Waals surface area contributed by atoms with Gasteiger partial charge >= 0.3 is 0 Å². The Morgan fingerprint density at radius 1 is 1.20 bits per heavy atom. The fourth-order valence-corrected chi connectivity index (χ4v) is 1.48. The van der Waals surface area contributed by atoms with Gasteiger partial charge in [-0.2, -0.15) is 0 Å². The highest BCUT2D eigenvalue weighted by Crippen LogP contribution is 2.24. The number of fused-ring (bicyclic) bond motifs is 1. The van der Waals surface area contributed by atoms with Gasteiger partial charge in [0.05, 0.1) is 11.2 Å². The molecule has 76 valence electrons. The molecular formula is C11H12N4. The van der Waals surface area contributed by atoms with Crippen molar-refractivity contribution in [3.8, 4) is 0 Å². The van der Waals surface area contributed by atoms with E-state index in [1.807, 2.05) is 37.3 Å². The van der Waals surface area contributed by atoms with Crippen LogP contribution in [0.3, 0.4) is 0 Å². The zero-order valence-electron chi connectivity index (χ0n) is 8.44. The molecular weight excluding hydrogens is 188 g/mol. The third-order valence-corrected chi connectivity index (χ3v) is 2.10. The molecule has 4 nitrogen and oxygen atoms in total. The average Bonchev–Trinajstić information content (AvgIpc) is 2.16. The minimum Gasteiger partial charge on any atom is -0.370 e. The molecule has 1 heterocycles. The summed E-state index contributed by atoms with van der Waals surface area (Å²) in [7, 11) is 0. The van der Waals surface area contributed by atoms with Crippen LogP contribution in [0.25, 0.3) is 10.9 Å². The van der Waals surface area contributed by atoms with E-state index in [1.54, 1.807) is 0 Å². The highest BCUT2D eigenvalue weighted by atomic mass is 15.0. The Balaban J connectivity index is 2.71. The second kappa shape index (κ2) is 3.57. The first-order valence-corrected chi connectivity index (χ1v) is 4.63. The van der Waals surface area contributed by atoms with Crippen LogP contribution in [0.5, 0.6) is 0 Å². The molecule has 0 aliphatic heterocycles. The maximum absolute atomic E-state index is 5.35. The lowest BCUT2D eigenvalue weighted by atomic mass is 10.1. The molecule has 1 aromatic heterocycles. The molecule has 0 radical (unpaired) electrons. The number of pyridine rings is 1. The largest absolute Gasteiger partial charge is 0.370 e. The molecule has 0 fully saturated rings. The van der Waals surface area contributed by atoms with Crippen molar-refractivity contribution in [2.45, 2.75) is 6.92 Å². The molecule has 0 aliphatic carbocycles. The van der Waals surface area contributed by atoms with E-state index in [-0.39, 0.29) is 5.96 Å². The molecule has 1 aromatic carbocycles. The number of benzene rings is 1. The van der Waals surface area contributed by atoms with E-state index < -0.39 is 0 Å². The number of aromatic nitrogens is 1. The van der Waals surface area contributed by atoms with E-state index in [2.05, 4.69) is 9.98 Å². The number of nitrogens with zero attached hydrogens (tertiary/aromatic N) is 2. The third-order valence-electron chi connectivity index (χ3n) is 2.10. The van der Waals surface area contributed by atoms with E-state index in [0.717, 1.165) is 22.3 Å². The van der Waals surface area contributed by atoms with Gasteiger partial charge < -0.3 is 11.5 Å². The predicted octanol–water partition coefficient (Wildman–Crippen LogP) is 1.45. The highest BCUT2D eigenvalue weighted by molar-refractivity contribution is 5.93. The van der Waals surface area contributed by atoms with E-state index in [0.29, 0.717) is 0 Å². The molecule has 0 bridgehead atoms. The Morgan fingerprint density at radius 3 is 2.73 bits per heavy atom. The summed E-state index contributed by atoms with van der Waals surface area (Å²) in [6.07, 6.45) is 0. The molecule has 0 amide bonds. The normalized spacial score (nSPS) is 10.2. The Kier molecular flexibility index (Phi) is 2.25. The smallest absolute Gasteiger partial charge is 0.191 e. The zero-order valence-corrected chi connectivity index (χ0v) is 8.44. The third kappa shape index (κ3) is 1.88. The summed E-state index contributed by atoms with van der Waals surface area (Å²) in [6, 6.07) is 9.59. The minimum atomic E-state index is 0.0584. The summed E-state index contributed by atoms with van der Waals surface area (Å²) < 4.78 is 0. The van der Waals surface area contributed by atoms with Crippen LogP contribution >= 0.6 is 0 Å². The first-order valence-electron chi connectivity index (χ1n) is 4.63. The maximum atomic E-state index is 5.35. The molecule has 0 unspecified atom stereocenters. The van der Waals surface area contributed by atoms with Gasteiger partial charge in [0.1, 0.15) is 0 Å². The van der Waals surface area contributed by atoms with Gasteiger partial charge in [0, 0.05) is 11.1 Å². The molecule has 0 atom stereocenters. The van der Waals surface area contributed by atoms with Crippen molar-refractivity contribution in [3.05, 3.63) is 36.0 Å². The summed E-state index contributed by atoms with van der Waals surface area (Å²) in [4.78, 5) is 8.44. The monoisotopic (exact) mass is 200 g/mol. The summed E-state index contributed by atoms with van der Waals surface area (Å²) in [5.74, 6) is 0.0584. The van der Waals surface area contributed by atoms with Crippen LogP contribution in [-0.2, 0) is 0 Å². The Hall–Kier alpha value is -2.10. The maximum Gasteiger partial charge on any atom is 0.191 e. The van der Waals surface area contributed by atoms with Crippen molar-refractivity contribution in [2.24, 2.45) is 16.5 Å². The van der Waals surface area contributed by atoms with Crippen LogP contribution in [0.2, 0.25) is 0 Å². The van der Waals surface area contributed by atoms with E-state index in [9.17, 15) is 0 Å². The van der Waals surface area contributed by atoms with Crippen molar-refractivity contribution in [3.63, 3.8) is 0 Å². The number of rotatable bonds is 1. The molecule has 0 spiro atoms. The summed E-state index contributed by atoms with van der Waals surface area (Å²) in [5, 5.41) is 0.955. The summed E-state index contributed by atoms with van der Waals surface area (Å²) in [6.45, 7) is 1.95. The van der Waals surface area contributed by atoms with Crippen LogP contribution < -0.4 is 11.5 Å². The van der Waals surface area contributed by atoms with Crippen molar-refractivity contribution in [1.29, 1.82) is 0 Å². The zero-order chi connectivity index (χ0) is 10.8. The molecule has 2 aromatic rings. The SMILES string of the molecule is Cc1ccc2c(N=C(N)N)cccc2n1. The van der Waals surface area contributed by atoms with Crippen molar-refractivity contribution in [2.75, 3.05) is 0 Å². The van der Waals surface area contributed by atoms with Crippen LogP contribution in [0.4, 0.5) is 5.69 Å². The molecule has 0 aliphatic rings. The number of aryl methyl sites for hydroxylation is 1. The van der Waals surface area contributed by atoms with Gasteiger partial charge in [-0.1, -0.05) is 6.07 Å². The fourth-order valence-electron chi connectivity index (χ4n) is 1.48. The lowest BCUT2D eigenvalue weighted by Gasteiger charge is -2.02. The number of aliphatic imine (C=N–C) groups is 1. The average molecular weight is 200 g/mol. The first kappa shape index (κ1) is 9.45. The van der Waals surface area contributed by atoms with Crippen molar-refractivity contribution < 1.29 is 0 Å². The summed E-state index contributed by atoms with van der Waals surface area (Å²) >= 11 is 0. The standard InChI is InChI=1S/C11H12N4/c1-7-5-6-8-9(14-7)3-2-4-10(8)15-11(12)13/h2-6H,1H3,(H4,12,13,15). The first-order chi connectivity index (χ1) is 7.16. The van der Waals surface area contributed by atoms with Crippen LogP contribution in [0.15, 0.2) is 35.3 Å². The molecule has 0 saturated carbocycles. The molecule has 2 rings (SSSR count). The molecule has 15 heavy (non-hydrogen) atoms. The number of guanidine groups is 1. The quantitative estimate of drug-likeness (QED) is 0.540. The number of nitrogens with two attached hydrogens (primary N) is 2. The minimum absolute atomic E-state index is 0.0584. The van der Waals surface area contributed by atoms with Crippen molar-refractivity contribution in [1.82, 2.24) is 4.98 Å². The topological polar surface area (TPSA) is 77.3 Å². The molecule has 4 N–H and O–H groups in total. The lowest BCUT2D eigenvalue weighted by Crippen LogP contribution is -2.21. The van der Waals surface area contributed by atoms with Gasteiger partial charge in [-0.15, -0.1) is 0 Å². The van der Waals surface area contributed by atoms with E-state index in [1.165, 1.54) is 0 Å². The molecule has 0 saturated heterocycles. The van der Waals surface area contributed by atoms with Crippen LogP contribution in [0, 0.1) is 6.92 Å². The number of hydrogen-bond acceptors (Lipinski definition) is 2. The fraction of sp³-hybridized carbons (Fsp3) is 0.0909. The lowest BCUT2D eigenvalue weighted by molar-refractivity contribution is 1.25. The Bertz CT molecular complexity index is 527. The van der Waals surface area contributed by atoms with E-state index >= 15 is 0 Å². The van der Waals surface area contributed by atoms with Gasteiger partial charge in [0.2, 0.25) is 0 Å². The van der Waals surface area contributed by atoms with Gasteiger partial charge in [-0.05, 0) is 31.2 Å². The molecule has 4 heteroatoms. The second-order valence-corrected chi connectivity index (χ2v) is 3.33. The van der Waals surface area contributed by atoms with Crippen LogP contribution in [-0.4, -0.2) is 10.9 Å². The van der Waals surface area contributed by atoms with Gasteiger partial charge in [0.15, 0.2) is 5.96 Å². The van der Waals surface area contributed by atoms with E-state index in [4.69, 9.17) is 11.5 Å². The predicted molar refractivity (Wildman–Crippen MR) is 61.9 cm³/mol. The number of hydrogen-bond donors (Lipinski definition) is 2. The summed E-state index contributed by atoms with van der Waals surface area (Å²) in [5.41, 5.74) is 13.3. The van der Waals surface area contributed by atoms with Gasteiger partial charge in [0.25, 0.3) is 0 Å². The van der Waals surface area contributed by atoms with Crippen molar-refractivity contribution >= 4 is 22.5 Å². The van der Waals surface area contributed by atoms with Gasteiger partial charge in [-0.3, -0.25) is 4.98 Å². The Labute approximate surface area is 87.6 Å². The highest BCUT2D eigenvalue weighted by Gasteiger charge is 2.00. The van der Waals surface area contributed by atoms with Crippen LogP contribution in [0.1, 0.15) is 5.69 Å². The second-order valence-electron chi connectivity index (χ2n) is 3.33. The van der Waals surface area contributed by atoms with Gasteiger partial charge in [-0.25, -0.2) is 4.99 Å².